The second kappa shape index (κ2) is 9.34. The maximum Gasteiger partial charge on any atom is 0.420 e. The van der Waals surface area contributed by atoms with Crippen LogP contribution in [0.1, 0.15) is 46.0 Å². The molecule has 1 saturated carbocycles. The van der Waals surface area contributed by atoms with Crippen LogP contribution in [-0.4, -0.2) is 70.3 Å². The standard InChI is InChI=1S/C26H26F3N7OS2/c1-35-4-5-38-20-8-19(39-23(20)24(35)37)22-17(26(27,28)29)9-31-25(34-22)33-18-10-30-21(7-16(18)13-2-3-13)36-11-14-6-15(12-36)32-14/h7-10,13-15,32H,2-6,11-12H2,1H3,(H,31,33,34). The molecule has 3 aromatic heterocycles. The fourth-order valence-corrected chi connectivity index (χ4v) is 7.87. The Morgan fingerprint density at radius 2 is 1.90 bits per heavy atom. The summed E-state index contributed by atoms with van der Waals surface area (Å²) < 4.78 is 42.0. The number of halogens is 3. The molecule has 3 aromatic rings. The molecular formula is C26H26F3N7OS2. The van der Waals surface area contributed by atoms with Crippen molar-refractivity contribution < 1.29 is 18.0 Å². The predicted octanol–water partition coefficient (Wildman–Crippen LogP) is 4.97. The molecule has 0 radical (unpaired) electrons. The molecule has 204 valence electrons. The van der Waals surface area contributed by atoms with Crippen molar-refractivity contribution in [3.8, 4) is 10.6 Å². The van der Waals surface area contributed by atoms with E-state index in [0.717, 1.165) is 54.8 Å². The average molecular weight is 574 g/mol. The van der Waals surface area contributed by atoms with E-state index < -0.39 is 11.7 Å². The number of nitrogens with one attached hydrogen (secondary N) is 2. The molecule has 4 fully saturated rings. The number of nitrogens with zero attached hydrogens (tertiary/aromatic N) is 5. The molecule has 5 aliphatic rings. The lowest BCUT2D eigenvalue weighted by molar-refractivity contribution is -0.137. The molecule has 2 atom stereocenters. The molecule has 8 nitrogen and oxygen atoms in total. The smallest absolute Gasteiger partial charge is 0.353 e. The van der Waals surface area contributed by atoms with Gasteiger partial charge in [0, 0.05) is 55.6 Å². The molecule has 13 heteroatoms. The number of carbonyl (C=O) groups excluding carboxylic acids is 1. The minimum atomic E-state index is -4.64. The lowest BCUT2D eigenvalue weighted by Crippen LogP contribution is -2.67. The predicted molar refractivity (Wildman–Crippen MR) is 145 cm³/mol. The lowest BCUT2D eigenvalue weighted by Gasteiger charge is -2.48. The highest BCUT2D eigenvalue weighted by atomic mass is 32.2. The number of pyridine rings is 1. The molecule has 39 heavy (non-hydrogen) atoms. The molecule has 0 spiro atoms. The van der Waals surface area contributed by atoms with Crippen molar-refractivity contribution in [2.45, 2.75) is 48.3 Å². The molecule has 2 N–H and O–H groups in total. The SMILES string of the molecule is CN1CCSc2cc(-c3nc(Nc4cnc(N5CC6CC(C5)N6)cc4C4CC4)ncc3C(F)(F)F)sc2C1=O. The quantitative estimate of drug-likeness (QED) is 0.443. The Bertz CT molecular complexity index is 1440. The first-order chi connectivity index (χ1) is 18.7. The van der Waals surface area contributed by atoms with Crippen LogP contribution in [0.25, 0.3) is 10.6 Å². The van der Waals surface area contributed by atoms with Gasteiger partial charge in [0.15, 0.2) is 0 Å². The highest BCUT2D eigenvalue weighted by Crippen LogP contribution is 2.46. The normalized spacial score (nSPS) is 22.8. The summed E-state index contributed by atoms with van der Waals surface area (Å²) in [6.45, 7) is 2.43. The summed E-state index contributed by atoms with van der Waals surface area (Å²) in [6.07, 6.45) is 1.25. The number of hydrogen-bond donors (Lipinski definition) is 2. The van der Waals surface area contributed by atoms with Gasteiger partial charge >= 0.3 is 6.18 Å². The number of fused-ring (bicyclic) bond motifs is 3. The Morgan fingerprint density at radius 3 is 2.62 bits per heavy atom. The summed E-state index contributed by atoms with van der Waals surface area (Å²) in [5, 5.41) is 6.69. The maximum atomic E-state index is 14.0. The molecule has 2 bridgehead atoms. The van der Waals surface area contributed by atoms with Crippen molar-refractivity contribution in [1.29, 1.82) is 0 Å². The molecular weight excluding hydrogens is 547 g/mol. The first-order valence-corrected chi connectivity index (χ1v) is 14.8. The van der Waals surface area contributed by atoms with Gasteiger partial charge in [-0.15, -0.1) is 23.1 Å². The van der Waals surface area contributed by atoms with Gasteiger partial charge in [0.2, 0.25) is 5.95 Å². The van der Waals surface area contributed by atoms with Gasteiger partial charge in [-0.05, 0) is 42.9 Å². The van der Waals surface area contributed by atoms with E-state index in [0.29, 0.717) is 50.6 Å². The first-order valence-electron chi connectivity index (χ1n) is 13.0. The zero-order valence-corrected chi connectivity index (χ0v) is 22.7. The Morgan fingerprint density at radius 1 is 1.13 bits per heavy atom. The zero-order valence-electron chi connectivity index (χ0n) is 21.1. The van der Waals surface area contributed by atoms with Crippen molar-refractivity contribution in [2.24, 2.45) is 0 Å². The first kappa shape index (κ1) is 25.1. The van der Waals surface area contributed by atoms with E-state index in [2.05, 4.69) is 36.6 Å². The van der Waals surface area contributed by atoms with Crippen LogP contribution in [-0.2, 0) is 6.18 Å². The number of thioether (sulfide) groups is 1. The number of amides is 1. The zero-order chi connectivity index (χ0) is 26.9. The maximum absolute atomic E-state index is 14.0. The molecule has 2 unspecified atom stereocenters. The van der Waals surface area contributed by atoms with Crippen molar-refractivity contribution in [3.05, 3.63) is 40.5 Å². The van der Waals surface area contributed by atoms with Gasteiger partial charge < -0.3 is 20.4 Å². The number of anilines is 3. The lowest BCUT2D eigenvalue weighted by atomic mass is 9.91. The molecule has 0 aromatic carbocycles. The van der Waals surface area contributed by atoms with E-state index in [1.807, 2.05) is 0 Å². The van der Waals surface area contributed by atoms with E-state index in [4.69, 9.17) is 0 Å². The van der Waals surface area contributed by atoms with Crippen molar-refractivity contribution in [3.63, 3.8) is 0 Å². The van der Waals surface area contributed by atoms with E-state index >= 15 is 0 Å². The number of piperidine rings is 1. The summed E-state index contributed by atoms with van der Waals surface area (Å²) in [7, 11) is 1.70. The third kappa shape index (κ3) is 4.74. The fourth-order valence-electron chi connectivity index (χ4n) is 5.44. The van der Waals surface area contributed by atoms with E-state index in [9.17, 15) is 18.0 Å². The van der Waals surface area contributed by atoms with Gasteiger partial charge in [-0.1, -0.05) is 0 Å². The van der Waals surface area contributed by atoms with Crippen LogP contribution in [0.15, 0.2) is 29.4 Å². The second-order valence-electron chi connectivity index (χ2n) is 10.6. The van der Waals surface area contributed by atoms with Crippen LogP contribution in [0, 0.1) is 0 Å². The van der Waals surface area contributed by atoms with Crippen molar-refractivity contribution >= 4 is 46.5 Å². The number of piperazine rings is 1. The van der Waals surface area contributed by atoms with E-state index in [1.54, 1.807) is 24.2 Å². The van der Waals surface area contributed by atoms with E-state index in [-0.39, 0.29) is 17.5 Å². The third-order valence-electron chi connectivity index (χ3n) is 7.68. The molecule has 8 rings (SSSR count). The number of thiophene rings is 1. The van der Waals surface area contributed by atoms with Crippen LogP contribution in [0.4, 0.5) is 30.6 Å². The Labute approximate surface area is 231 Å². The van der Waals surface area contributed by atoms with Crippen molar-refractivity contribution in [2.75, 3.05) is 42.7 Å². The average Bonchev–Trinajstić information content (AvgIpc) is 3.68. The minimum absolute atomic E-state index is 0.0672. The molecule has 7 heterocycles. The number of rotatable bonds is 5. The van der Waals surface area contributed by atoms with Crippen LogP contribution < -0.4 is 15.5 Å². The largest absolute Gasteiger partial charge is 0.420 e. The summed E-state index contributed by atoms with van der Waals surface area (Å²) in [6, 6.07) is 4.76. The van der Waals surface area contributed by atoms with Crippen molar-refractivity contribution in [1.82, 2.24) is 25.2 Å². The van der Waals surface area contributed by atoms with Gasteiger partial charge in [0.25, 0.3) is 5.91 Å². The minimum Gasteiger partial charge on any atom is -0.353 e. The third-order valence-corrected chi connectivity index (χ3v) is 9.96. The Hall–Kier alpha value is -2.90. The van der Waals surface area contributed by atoms with E-state index in [1.165, 1.54) is 18.2 Å². The van der Waals surface area contributed by atoms with Gasteiger partial charge in [-0.2, -0.15) is 13.2 Å². The molecule has 1 amide bonds. The van der Waals surface area contributed by atoms with Gasteiger partial charge in [0.1, 0.15) is 16.3 Å². The van der Waals surface area contributed by atoms with Gasteiger partial charge in [-0.3, -0.25) is 4.79 Å². The second-order valence-corrected chi connectivity index (χ2v) is 12.8. The van der Waals surface area contributed by atoms with Crippen LogP contribution in [0.5, 0.6) is 0 Å². The summed E-state index contributed by atoms with van der Waals surface area (Å²) >= 11 is 2.52. The van der Waals surface area contributed by atoms with Gasteiger partial charge in [-0.25, -0.2) is 15.0 Å². The van der Waals surface area contributed by atoms with Crippen LogP contribution >= 0.6 is 23.1 Å². The number of hydrogen-bond acceptors (Lipinski definition) is 9. The number of aromatic nitrogens is 3. The van der Waals surface area contributed by atoms with Crippen LogP contribution in [0.2, 0.25) is 0 Å². The number of alkyl halides is 3. The number of carbonyl (C=O) groups is 1. The monoisotopic (exact) mass is 573 g/mol. The molecule has 1 aliphatic carbocycles. The highest BCUT2D eigenvalue weighted by molar-refractivity contribution is 7.99. The summed E-state index contributed by atoms with van der Waals surface area (Å²) in [4.78, 5) is 31.2. The summed E-state index contributed by atoms with van der Waals surface area (Å²) in [5.41, 5.74) is 0.641. The fraction of sp³-hybridized carbons (Fsp3) is 0.462. The summed E-state index contributed by atoms with van der Waals surface area (Å²) in [5.74, 6) is 1.87. The topological polar surface area (TPSA) is 86.3 Å². The van der Waals surface area contributed by atoms with Gasteiger partial charge in [0.05, 0.1) is 22.5 Å². The molecule has 3 saturated heterocycles. The molecule has 4 aliphatic heterocycles. The van der Waals surface area contributed by atoms with Crippen LogP contribution in [0.3, 0.4) is 0 Å². The highest BCUT2D eigenvalue weighted by Gasteiger charge is 2.39. The Kier molecular flexibility index (Phi) is 6.01. The Balaban J connectivity index is 1.23.